The highest BCUT2D eigenvalue weighted by atomic mass is 32.2. The molecule has 1 aromatic rings. The summed E-state index contributed by atoms with van der Waals surface area (Å²) >= 11 is 1.66. The second-order valence-corrected chi connectivity index (χ2v) is 7.88. The molecule has 0 unspecified atom stereocenters. The predicted molar refractivity (Wildman–Crippen MR) is 74.0 cm³/mol. The summed E-state index contributed by atoms with van der Waals surface area (Å²) in [6.45, 7) is 4.49. The van der Waals surface area contributed by atoms with E-state index >= 15 is 0 Å². The first kappa shape index (κ1) is 14.5. The Labute approximate surface area is 108 Å². The van der Waals surface area contributed by atoms with Crippen LogP contribution in [0.15, 0.2) is 29.2 Å². The van der Waals surface area contributed by atoms with Crippen LogP contribution in [0.5, 0.6) is 0 Å². The number of hydrogen-bond acceptors (Lipinski definition) is 4. The molecule has 0 fully saturated rings. The number of nitrogens with two attached hydrogens (primary N) is 1. The van der Waals surface area contributed by atoms with Crippen molar-refractivity contribution in [2.24, 2.45) is 5.73 Å². The van der Waals surface area contributed by atoms with Gasteiger partial charge in [0.1, 0.15) is 0 Å². The normalized spacial score (nSPS) is 12.0. The molecule has 96 valence electrons. The lowest BCUT2D eigenvalue weighted by molar-refractivity contribution is 0.597. The van der Waals surface area contributed by atoms with Crippen LogP contribution in [0.3, 0.4) is 0 Å². The lowest BCUT2D eigenvalue weighted by atomic mass is 10.2. The molecule has 0 amide bonds. The number of thioether (sulfide) groups is 1. The van der Waals surface area contributed by atoms with E-state index in [0.29, 0.717) is 22.4 Å². The van der Waals surface area contributed by atoms with Gasteiger partial charge in [-0.3, -0.25) is 0 Å². The first-order valence-electron chi connectivity index (χ1n) is 5.59. The molecule has 5 heteroatoms. The highest BCUT2D eigenvalue weighted by Crippen LogP contribution is 2.16. The minimum atomic E-state index is -3.16. The lowest BCUT2D eigenvalue weighted by Crippen LogP contribution is -2.10. The minimum absolute atomic E-state index is 0.184. The van der Waals surface area contributed by atoms with E-state index in [1.165, 1.54) is 0 Å². The fourth-order valence-electron chi connectivity index (χ4n) is 1.38. The van der Waals surface area contributed by atoms with E-state index in [1.807, 2.05) is 6.07 Å². The van der Waals surface area contributed by atoms with Crippen LogP contribution >= 0.6 is 11.8 Å². The monoisotopic (exact) mass is 273 g/mol. The quantitative estimate of drug-likeness (QED) is 0.862. The van der Waals surface area contributed by atoms with Gasteiger partial charge >= 0.3 is 0 Å². The zero-order valence-electron chi connectivity index (χ0n) is 10.2. The minimum Gasteiger partial charge on any atom is -0.326 e. The molecular formula is C12H19NO2S2. The summed E-state index contributed by atoms with van der Waals surface area (Å²) in [7, 11) is -3.16. The lowest BCUT2D eigenvalue weighted by Gasteiger charge is -2.07. The van der Waals surface area contributed by atoms with E-state index in [1.54, 1.807) is 30.0 Å². The molecule has 0 bridgehead atoms. The molecule has 0 saturated carbocycles. The van der Waals surface area contributed by atoms with Crippen LogP contribution in [0.25, 0.3) is 0 Å². The van der Waals surface area contributed by atoms with E-state index in [9.17, 15) is 8.42 Å². The van der Waals surface area contributed by atoms with E-state index in [-0.39, 0.29) is 5.75 Å². The molecule has 2 N–H and O–H groups in total. The molecule has 1 aromatic carbocycles. The van der Waals surface area contributed by atoms with Crippen LogP contribution in [0.2, 0.25) is 0 Å². The van der Waals surface area contributed by atoms with Crippen LogP contribution in [0.1, 0.15) is 19.4 Å². The molecule has 0 radical (unpaired) electrons. The van der Waals surface area contributed by atoms with E-state index in [4.69, 9.17) is 5.73 Å². The third kappa shape index (κ3) is 4.69. The summed E-state index contributed by atoms with van der Waals surface area (Å²) < 4.78 is 24.1. The van der Waals surface area contributed by atoms with Gasteiger partial charge in [0.15, 0.2) is 9.84 Å². The van der Waals surface area contributed by atoms with Crippen LogP contribution in [-0.2, 0) is 16.4 Å². The average Bonchev–Trinajstić information content (AvgIpc) is 2.28. The van der Waals surface area contributed by atoms with Gasteiger partial charge in [0.05, 0.1) is 10.6 Å². The first-order valence-corrected chi connectivity index (χ1v) is 8.29. The molecule has 0 heterocycles. The Hall–Kier alpha value is -0.520. The fourth-order valence-corrected chi connectivity index (χ4v) is 3.96. The Bertz CT molecular complexity index is 455. The topological polar surface area (TPSA) is 60.2 Å². The molecule has 0 aliphatic heterocycles. The summed E-state index contributed by atoms with van der Waals surface area (Å²) in [5.41, 5.74) is 6.35. The van der Waals surface area contributed by atoms with Crippen molar-refractivity contribution in [3.63, 3.8) is 0 Å². The van der Waals surface area contributed by atoms with Gasteiger partial charge in [0, 0.05) is 12.3 Å². The van der Waals surface area contributed by atoms with Crippen molar-refractivity contribution in [2.75, 3.05) is 11.5 Å². The van der Waals surface area contributed by atoms with E-state index in [2.05, 4.69) is 13.8 Å². The molecular weight excluding hydrogens is 254 g/mol. The number of rotatable bonds is 6. The molecule has 0 aliphatic carbocycles. The van der Waals surface area contributed by atoms with Gasteiger partial charge in [-0.2, -0.15) is 11.8 Å². The zero-order chi connectivity index (χ0) is 12.9. The molecule has 0 aliphatic rings. The molecule has 17 heavy (non-hydrogen) atoms. The Balaban J connectivity index is 2.75. The van der Waals surface area contributed by atoms with E-state index in [0.717, 1.165) is 5.56 Å². The van der Waals surface area contributed by atoms with Crippen LogP contribution in [0, 0.1) is 0 Å². The van der Waals surface area contributed by atoms with Crippen molar-refractivity contribution in [1.82, 2.24) is 0 Å². The Kier molecular flexibility index (Phi) is 5.49. The van der Waals surface area contributed by atoms with Gasteiger partial charge in [-0.05, 0) is 22.9 Å². The first-order chi connectivity index (χ1) is 7.95. The summed E-state index contributed by atoms with van der Waals surface area (Å²) in [6, 6.07) is 6.87. The van der Waals surface area contributed by atoms with Crippen molar-refractivity contribution in [3.05, 3.63) is 29.8 Å². The Morgan fingerprint density at radius 1 is 1.35 bits per heavy atom. The predicted octanol–water partition coefficient (Wildman–Crippen LogP) is 2.06. The second kappa shape index (κ2) is 6.42. The van der Waals surface area contributed by atoms with Crippen molar-refractivity contribution in [3.8, 4) is 0 Å². The maximum Gasteiger partial charge on any atom is 0.179 e. The van der Waals surface area contributed by atoms with Gasteiger partial charge in [-0.25, -0.2) is 8.42 Å². The van der Waals surface area contributed by atoms with Gasteiger partial charge in [-0.15, -0.1) is 0 Å². The summed E-state index contributed by atoms with van der Waals surface area (Å²) in [5, 5.41) is 0.459. The summed E-state index contributed by atoms with van der Waals surface area (Å²) in [4.78, 5) is 0.379. The molecule has 1 rings (SSSR count). The summed E-state index contributed by atoms with van der Waals surface area (Å²) in [6.07, 6.45) is 0. The second-order valence-electron chi connectivity index (χ2n) is 4.09. The summed E-state index contributed by atoms with van der Waals surface area (Å²) in [5.74, 6) is 0.816. The molecule has 3 nitrogen and oxygen atoms in total. The standard InChI is InChI=1S/C12H19NO2S2/c1-10(2)16-6-7-17(14,15)12-5-3-4-11(8-12)9-13/h3-5,8,10H,6-7,9,13H2,1-2H3. The van der Waals surface area contributed by atoms with Crippen LogP contribution in [0.4, 0.5) is 0 Å². The third-order valence-corrected chi connectivity index (χ3v) is 5.38. The van der Waals surface area contributed by atoms with Crippen molar-refractivity contribution >= 4 is 21.6 Å². The van der Waals surface area contributed by atoms with Gasteiger partial charge in [0.2, 0.25) is 0 Å². The van der Waals surface area contributed by atoms with E-state index < -0.39 is 9.84 Å². The molecule has 0 aromatic heterocycles. The third-order valence-electron chi connectivity index (χ3n) is 2.30. The Morgan fingerprint density at radius 2 is 2.06 bits per heavy atom. The van der Waals surface area contributed by atoms with Crippen LogP contribution < -0.4 is 5.73 Å². The van der Waals surface area contributed by atoms with Gasteiger partial charge in [-0.1, -0.05) is 26.0 Å². The highest BCUT2D eigenvalue weighted by Gasteiger charge is 2.14. The number of hydrogen-bond donors (Lipinski definition) is 1. The van der Waals surface area contributed by atoms with Gasteiger partial charge < -0.3 is 5.73 Å². The maximum absolute atomic E-state index is 12.0. The molecule has 0 atom stereocenters. The Morgan fingerprint density at radius 3 is 2.65 bits per heavy atom. The fraction of sp³-hybridized carbons (Fsp3) is 0.500. The van der Waals surface area contributed by atoms with Gasteiger partial charge in [0.25, 0.3) is 0 Å². The van der Waals surface area contributed by atoms with Crippen molar-refractivity contribution < 1.29 is 8.42 Å². The SMILES string of the molecule is CC(C)SCCS(=O)(=O)c1cccc(CN)c1. The largest absolute Gasteiger partial charge is 0.326 e. The highest BCUT2D eigenvalue weighted by molar-refractivity contribution is 8.01. The van der Waals surface area contributed by atoms with Crippen molar-refractivity contribution in [1.29, 1.82) is 0 Å². The number of benzene rings is 1. The zero-order valence-corrected chi connectivity index (χ0v) is 11.9. The number of sulfone groups is 1. The maximum atomic E-state index is 12.0. The van der Waals surface area contributed by atoms with Crippen molar-refractivity contribution in [2.45, 2.75) is 30.5 Å². The molecule has 0 saturated heterocycles. The molecule has 0 spiro atoms. The average molecular weight is 273 g/mol. The van der Waals surface area contributed by atoms with Crippen LogP contribution in [-0.4, -0.2) is 25.2 Å². The smallest absolute Gasteiger partial charge is 0.179 e.